The first-order valence-corrected chi connectivity index (χ1v) is 4.94. The van der Waals surface area contributed by atoms with E-state index in [9.17, 15) is 0 Å². The zero-order chi connectivity index (χ0) is 10.6. The Hall–Kier alpha value is -1.10. The summed E-state index contributed by atoms with van der Waals surface area (Å²) < 4.78 is 5.27. The Morgan fingerprint density at radius 3 is 2.43 bits per heavy atom. The fourth-order valence-electron chi connectivity index (χ4n) is 1.07. The van der Waals surface area contributed by atoms with E-state index >= 15 is 0 Å². The van der Waals surface area contributed by atoms with Gasteiger partial charge in [-0.2, -0.15) is 0 Å². The van der Waals surface area contributed by atoms with E-state index in [4.69, 9.17) is 10.2 Å². The molecule has 0 aliphatic rings. The predicted octanol–water partition coefficient (Wildman–Crippen LogP) is 1.52. The van der Waals surface area contributed by atoms with Crippen molar-refractivity contribution in [3.05, 3.63) is 5.89 Å². The van der Waals surface area contributed by atoms with Gasteiger partial charge >= 0.3 is 6.01 Å². The van der Waals surface area contributed by atoms with Gasteiger partial charge in [0.15, 0.2) is 0 Å². The van der Waals surface area contributed by atoms with Crippen molar-refractivity contribution < 1.29 is 4.42 Å². The molecule has 0 spiro atoms. The second kappa shape index (κ2) is 4.41. The fourth-order valence-corrected chi connectivity index (χ4v) is 1.07. The first kappa shape index (κ1) is 11.0. The van der Waals surface area contributed by atoms with Crippen LogP contribution in [0.4, 0.5) is 6.01 Å². The van der Waals surface area contributed by atoms with E-state index in [1.54, 1.807) is 0 Å². The van der Waals surface area contributed by atoms with Crippen LogP contribution in [0.1, 0.15) is 39.5 Å². The molecule has 0 aliphatic carbocycles. The topological polar surface area (TPSA) is 77.0 Å². The molecule has 80 valence electrons. The molecular weight excluding hydrogens is 180 g/mol. The van der Waals surface area contributed by atoms with E-state index in [1.165, 1.54) is 0 Å². The zero-order valence-electron chi connectivity index (χ0n) is 9.00. The third-order valence-corrected chi connectivity index (χ3v) is 2.61. The number of aromatic nitrogens is 2. The highest BCUT2D eigenvalue weighted by atomic mass is 16.4. The highest BCUT2D eigenvalue weighted by Crippen LogP contribution is 2.20. The molecule has 1 aromatic heterocycles. The lowest BCUT2D eigenvalue weighted by Crippen LogP contribution is -2.33. The largest absolute Gasteiger partial charge is 0.407 e. The van der Waals surface area contributed by atoms with Crippen LogP contribution in [-0.2, 0) is 6.54 Å². The van der Waals surface area contributed by atoms with Gasteiger partial charge in [0.2, 0.25) is 5.89 Å². The summed E-state index contributed by atoms with van der Waals surface area (Å²) in [5.74, 6) is 0.460. The highest BCUT2D eigenvalue weighted by Gasteiger charge is 2.21. The minimum absolute atomic E-state index is 0.0123. The van der Waals surface area contributed by atoms with Crippen molar-refractivity contribution >= 4 is 6.01 Å². The number of nitrogens with one attached hydrogen (secondary N) is 1. The maximum absolute atomic E-state index is 5.37. The maximum atomic E-state index is 5.37. The van der Waals surface area contributed by atoms with Crippen LogP contribution in [0.3, 0.4) is 0 Å². The number of nitrogens with two attached hydrogens (primary N) is 1. The van der Waals surface area contributed by atoms with Gasteiger partial charge in [-0.05, 0) is 19.8 Å². The molecule has 0 radical (unpaired) electrons. The molecule has 0 saturated heterocycles. The third kappa shape index (κ3) is 2.45. The first-order valence-electron chi connectivity index (χ1n) is 4.94. The number of hydrogen-bond acceptors (Lipinski definition) is 5. The standard InChI is InChI=1S/C9H18N4O/c1-4-9(3,5-2)11-8-13-12-7(6-10)14-8/h4-6,10H2,1-3H3,(H,11,13). The smallest absolute Gasteiger partial charge is 0.315 e. The second-order valence-corrected chi connectivity index (χ2v) is 3.60. The van der Waals surface area contributed by atoms with Crippen LogP contribution in [0.2, 0.25) is 0 Å². The van der Waals surface area contributed by atoms with Crippen molar-refractivity contribution in [2.45, 2.75) is 45.7 Å². The Morgan fingerprint density at radius 1 is 1.36 bits per heavy atom. The van der Waals surface area contributed by atoms with Gasteiger partial charge in [-0.1, -0.05) is 18.9 Å². The summed E-state index contributed by atoms with van der Waals surface area (Å²) in [4.78, 5) is 0. The highest BCUT2D eigenvalue weighted by molar-refractivity contribution is 5.23. The summed E-state index contributed by atoms with van der Waals surface area (Å²) in [6.07, 6.45) is 2.01. The van der Waals surface area contributed by atoms with E-state index in [-0.39, 0.29) is 12.1 Å². The average molecular weight is 198 g/mol. The van der Waals surface area contributed by atoms with Gasteiger partial charge in [0.1, 0.15) is 0 Å². The van der Waals surface area contributed by atoms with Crippen LogP contribution >= 0.6 is 0 Å². The molecule has 0 fully saturated rings. The molecule has 0 unspecified atom stereocenters. The van der Waals surface area contributed by atoms with Crippen molar-refractivity contribution in [3.63, 3.8) is 0 Å². The zero-order valence-corrected chi connectivity index (χ0v) is 9.00. The number of nitrogens with zero attached hydrogens (tertiary/aromatic N) is 2. The molecule has 0 aromatic carbocycles. The van der Waals surface area contributed by atoms with Gasteiger partial charge in [-0.3, -0.25) is 0 Å². The number of rotatable bonds is 5. The molecule has 5 heteroatoms. The lowest BCUT2D eigenvalue weighted by atomic mass is 9.96. The minimum atomic E-state index is 0.0123. The van der Waals surface area contributed by atoms with Crippen LogP contribution in [0.15, 0.2) is 4.42 Å². The van der Waals surface area contributed by atoms with Gasteiger partial charge in [0, 0.05) is 5.54 Å². The lowest BCUT2D eigenvalue weighted by Gasteiger charge is -2.26. The summed E-state index contributed by atoms with van der Waals surface area (Å²) >= 11 is 0. The van der Waals surface area contributed by atoms with Crippen molar-refractivity contribution in [1.29, 1.82) is 0 Å². The van der Waals surface area contributed by atoms with Crippen LogP contribution in [0.5, 0.6) is 0 Å². The van der Waals surface area contributed by atoms with Crippen molar-refractivity contribution in [3.8, 4) is 0 Å². The van der Waals surface area contributed by atoms with E-state index in [1.807, 2.05) is 0 Å². The fraction of sp³-hybridized carbons (Fsp3) is 0.778. The van der Waals surface area contributed by atoms with E-state index in [2.05, 4.69) is 36.3 Å². The van der Waals surface area contributed by atoms with Gasteiger partial charge in [-0.25, -0.2) is 0 Å². The van der Waals surface area contributed by atoms with Crippen LogP contribution < -0.4 is 11.1 Å². The molecule has 1 heterocycles. The monoisotopic (exact) mass is 198 g/mol. The van der Waals surface area contributed by atoms with Crippen LogP contribution in [-0.4, -0.2) is 15.7 Å². The molecule has 0 saturated carbocycles. The van der Waals surface area contributed by atoms with E-state index in [0.717, 1.165) is 12.8 Å². The SMILES string of the molecule is CCC(C)(CC)Nc1nnc(CN)o1. The Morgan fingerprint density at radius 2 is 2.00 bits per heavy atom. The van der Waals surface area contributed by atoms with Crippen molar-refractivity contribution in [1.82, 2.24) is 10.2 Å². The molecule has 0 bridgehead atoms. The van der Waals surface area contributed by atoms with Gasteiger partial charge in [-0.15, -0.1) is 5.10 Å². The quantitative estimate of drug-likeness (QED) is 0.750. The molecule has 0 aliphatic heterocycles. The Labute approximate surface area is 84.1 Å². The third-order valence-electron chi connectivity index (χ3n) is 2.61. The Balaban J connectivity index is 2.67. The molecule has 14 heavy (non-hydrogen) atoms. The lowest BCUT2D eigenvalue weighted by molar-refractivity contribution is 0.438. The molecule has 1 aromatic rings. The number of hydrogen-bond donors (Lipinski definition) is 2. The summed E-state index contributed by atoms with van der Waals surface area (Å²) in [6, 6.07) is 0.455. The minimum Gasteiger partial charge on any atom is -0.407 e. The molecule has 1 rings (SSSR count). The summed E-state index contributed by atoms with van der Waals surface area (Å²) in [5.41, 5.74) is 5.38. The predicted molar refractivity (Wildman–Crippen MR) is 54.8 cm³/mol. The number of anilines is 1. The van der Waals surface area contributed by atoms with Gasteiger partial charge in [0.05, 0.1) is 6.54 Å². The van der Waals surface area contributed by atoms with Crippen LogP contribution in [0.25, 0.3) is 0 Å². The average Bonchev–Trinajstić information content (AvgIpc) is 2.65. The second-order valence-electron chi connectivity index (χ2n) is 3.60. The summed E-state index contributed by atoms with van der Waals surface area (Å²) in [7, 11) is 0. The Bertz CT molecular complexity index is 280. The van der Waals surface area contributed by atoms with Gasteiger partial charge in [0.25, 0.3) is 0 Å². The normalized spacial score (nSPS) is 11.7. The molecular formula is C9H18N4O. The van der Waals surface area contributed by atoms with E-state index < -0.39 is 0 Å². The maximum Gasteiger partial charge on any atom is 0.315 e. The summed E-state index contributed by atoms with van der Waals surface area (Å²) in [6.45, 7) is 6.65. The molecule has 0 atom stereocenters. The summed E-state index contributed by atoms with van der Waals surface area (Å²) in [5, 5.41) is 10.9. The van der Waals surface area contributed by atoms with Gasteiger partial charge < -0.3 is 15.5 Å². The van der Waals surface area contributed by atoms with Crippen molar-refractivity contribution in [2.24, 2.45) is 5.73 Å². The Kier molecular flexibility index (Phi) is 3.46. The van der Waals surface area contributed by atoms with E-state index in [0.29, 0.717) is 11.9 Å². The molecule has 3 N–H and O–H groups in total. The molecule has 0 amide bonds. The first-order chi connectivity index (χ1) is 6.63. The van der Waals surface area contributed by atoms with Crippen LogP contribution in [0, 0.1) is 0 Å². The molecule has 5 nitrogen and oxygen atoms in total. The van der Waals surface area contributed by atoms with Crippen molar-refractivity contribution in [2.75, 3.05) is 5.32 Å².